The van der Waals surface area contributed by atoms with Crippen molar-refractivity contribution >= 4 is 17.7 Å². The summed E-state index contributed by atoms with van der Waals surface area (Å²) in [5.41, 5.74) is 0. The van der Waals surface area contributed by atoms with E-state index in [1.165, 1.54) is 11.8 Å². The fourth-order valence-corrected chi connectivity index (χ4v) is 0.289. The Kier molecular flexibility index (Phi) is 10.00. The fourth-order valence-electron chi connectivity index (χ4n) is 0.0962. The van der Waals surface area contributed by atoms with E-state index in [1.54, 1.807) is 13.2 Å². The molecule has 0 aromatic rings. The van der Waals surface area contributed by atoms with Gasteiger partial charge in [0.05, 0.1) is 5.97 Å². The van der Waals surface area contributed by atoms with Crippen LogP contribution < -0.4 is 56.5 Å². The van der Waals surface area contributed by atoms with Crippen LogP contribution in [-0.2, 0) is 4.79 Å². The third kappa shape index (κ3) is 5.59. The number of carbonyl (C=O) groups is 1. The van der Waals surface area contributed by atoms with Crippen LogP contribution in [0.2, 0.25) is 0 Å². The van der Waals surface area contributed by atoms with E-state index in [9.17, 15) is 9.90 Å². The minimum Gasteiger partial charge on any atom is -0.549 e. The Balaban J connectivity index is 0. The van der Waals surface area contributed by atoms with Gasteiger partial charge in [0, 0.05) is 5.25 Å². The molecule has 0 rings (SSSR count). The molecule has 0 amide bonds. The van der Waals surface area contributed by atoms with Crippen LogP contribution in [0.1, 0.15) is 6.92 Å². The summed E-state index contributed by atoms with van der Waals surface area (Å²) >= 11 is 1.27. The molecule has 0 N–H and O–H groups in total. The van der Waals surface area contributed by atoms with Gasteiger partial charge in [-0.15, -0.1) is 0 Å². The first kappa shape index (κ1) is 12.2. The van der Waals surface area contributed by atoms with E-state index in [-0.39, 0.29) is 56.6 Å². The standard InChI is InChI=1S/C4H8O2S.K/c1-3(7-2)4(5)6;/h3H,1-2H3,(H,5,6);/q;+1/p-1. The zero-order valence-electron chi connectivity index (χ0n) is 5.30. The molecule has 2 nitrogen and oxygen atoms in total. The van der Waals surface area contributed by atoms with Crippen molar-refractivity contribution in [2.24, 2.45) is 0 Å². The Bertz CT molecular complexity index is 76.4. The number of carbonyl (C=O) groups excluding carboxylic acids is 1. The molecule has 0 bridgehead atoms. The molecule has 0 saturated carbocycles. The molecule has 0 saturated heterocycles. The largest absolute Gasteiger partial charge is 1.00 e. The molecule has 0 fully saturated rings. The van der Waals surface area contributed by atoms with Gasteiger partial charge in [0.2, 0.25) is 0 Å². The fraction of sp³-hybridized carbons (Fsp3) is 0.750. The van der Waals surface area contributed by atoms with E-state index in [0.717, 1.165) is 0 Å². The van der Waals surface area contributed by atoms with Gasteiger partial charge in [0.25, 0.3) is 0 Å². The molecule has 42 valence electrons. The van der Waals surface area contributed by atoms with Crippen molar-refractivity contribution in [3.05, 3.63) is 0 Å². The summed E-state index contributed by atoms with van der Waals surface area (Å²) in [5, 5.41) is 9.42. The predicted octanol–water partition coefficient (Wildman–Crippen LogP) is -3.51. The summed E-state index contributed by atoms with van der Waals surface area (Å²) in [4.78, 5) is 9.80. The average Bonchev–Trinajstić information content (AvgIpc) is 1.65. The Morgan fingerprint density at radius 1 is 1.75 bits per heavy atom. The van der Waals surface area contributed by atoms with Gasteiger partial charge in [0.1, 0.15) is 0 Å². The summed E-state index contributed by atoms with van der Waals surface area (Å²) in [6.07, 6.45) is 1.74. The Morgan fingerprint density at radius 3 is 2.12 bits per heavy atom. The molecule has 0 aliphatic heterocycles. The second-order valence-corrected chi connectivity index (χ2v) is 2.38. The van der Waals surface area contributed by atoms with Crippen LogP contribution in [0, 0.1) is 0 Å². The van der Waals surface area contributed by atoms with Gasteiger partial charge in [-0.2, -0.15) is 11.8 Å². The van der Waals surface area contributed by atoms with E-state index in [1.807, 2.05) is 0 Å². The third-order valence-electron chi connectivity index (χ3n) is 0.685. The van der Waals surface area contributed by atoms with Crippen molar-refractivity contribution in [2.75, 3.05) is 6.26 Å². The van der Waals surface area contributed by atoms with Crippen molar-refractivity contribution in [1.29, 1.82) is 0 Å². The van der Waals surface area contributed by atoms with Gasteiger partial charge >= 0.3 is 51.4 Å². The number of carboxylic acid groups (broad SMARTS) is 1. The Hall–Kier alpha value is 1.46. The van der Waals surface area contributed by atoms with E-state index in [0.29, 0.717) is 0 Å². The molecule has 0 spiro atoms. The molecule has 1 unspecified atom stereocenters. The number of hydrogen-bond acceptors (Lipinski definition) is 3. The molecule has 1 atom stereocenters. The third-order valence-corrected chi connectivity index (χ3v) is 1.59. The summed E-state index contributed by atoms with van der Waals surface area (Å²) in [7, 11) is 0. The van der Waals surface area contributed by atoms with Gasteiger partial charge in [0.15, 0.2) is 0 Å². The zero-order valence-corrected chi connectivity index (χ0v) is 9.24. The molecule has 0 aliphatic carbocycles. The maximum atomic E-state index is 9.80. The summed E-state index contributed by atoms with van der Waals surface area (Å²) < 4.78 is 0. The van der Waals surface area contributed by atoms with Gasteiger partial charge < -0.3 is 9.90 Å². The average molecular weight is 158 g/mol. The maximum absolute atomic E-state index is 9.80. The molecular weight excluding hydrogens is 151 g/mol. The van der Waals surface area contributed by atoms with Crippen LogP contribution in [0.25, 0.3) is 0 Å². The van der Waals surface area contributed by atoms with Crippen LogP contribution in [0.3, 0.4) is 0 Å². The van der Waals surface area contributed by atoms with Crippen molar-refractivity contribution in [1.82, 2.24) is 0 Å². The zero-order chi connectivity index (χ0) is 5.86. The van der Waals surface area contributed by atoms with Crippen molar-refractivity contribution in [2.45, 2.75) is 12.2 Å². The molecular formula is C4H7KO2S. The van der Waals surface area contributed by atoms with Gasteiger partial charge in [-0.05, 0) is 13.2 Å². The summed E-state index contributed by atoms with van der Waals surface area (Å²) in [5.74, 6) is -0.993. The van der Waals surface area contributed by atoms with Gasteiger partial charge in [-0.1, -0.05) is 0 Å². The predicted molar refractivity (Wildman–Crippen MR) is 28.0 cm³/mol. The summed E-state index contributed by atoms with van der Waals surface area (Å²) in [6.45, 7) is 1.60. The second-order valence-electron chi connectivity index (χ2n) is 1.20. The first-order valence-electron chi connectivity index (χ1n) is 1.92. The van der Waals surface area contributed by atoms with Crippen LogP contribution in [0.5, 0.6) is 0 Å². The molecule has 8 heavy (non-hydrogen) atoms. The normalized spacial score (nSPS) is 11.8. The monoisotopic (exact) mass is 158 g/mol. The van der Waals surface area contributed by atoms with Crippen molar-refractivity contribution in [3.63, 3.8) is 0 Å². The van der Waals surface area contributed by atoms with E-state index >= 15 is 0 Å². The molecule has 0 aromatic heterocycles. The van der Waals surface area contributed by atoms with Gasteiger partial charge in [-0.25, -0.2) is 0 Å². The number of hydrogen-bond donors (Lipinski definition) is 0. The second kappa shape index (κ2) is 6.57. The van der Waals surface area contributed by atoms with E-state index in [4.69, 9.17) is 0 Å². The first-order chi connectivity index (χ1) is 3.18. The Morgan fingerprint density at radius 2 is 2.12 bits per heavy atom. The molecule has 4 heteroatoms. The molecule has 0 radical (unpaired) electrons. The van der Waals surface area contributed by atoms with Crippen LogP contribution in [0.4, 0.5) is 0 Å². The maximum Gasteiger partial charge on any atom is 1.00 e. The quantitative estimate of drug-likeness (QED) is 0.391. The van der Waals surface area contributed by atoms with Crippen molar-refractivity contribution in [3.8, 4) is 0 Å². The topological polar surface area (TPSA) is 40.1 Å². The number of aliphatic carboxylic acids is 1. The van der Waals surface area contributed by atoms with E-state index in [2.05, 4.69) is 0 Å². The van der Waals surface area contributed by atoms with Gasteiger partial charge in [-0.3, -0.25) is 0 Å². The van der Waals surface area contributed by atoms with Crippen LogP contribution >= 0.6 is 11.8 Å². The molecule has 0 aromatic carbocycles. The SMILES string of the molecule is CSC(C)C(=O)[O-].[K+]. The molecule has 0 aliphatic rings. The van der Waals surface area contributed by atoms with Crippen LogP contribution in [0.15, 0.2) is 0 Å². The number of rotatable bonds is 2. The minimum atomic E-state index is -0.993. The summed E-state index contributed by atoms with van der Waals surface area (Å²) in [6, 6.07) is 0. The number of carboxylic acids is 1. The van der Waals surface area contributed by atoms with E-state index < -0.39 is 5.97 Å². The minimum absolute atomic E-state index is 0. The Labute approximate surface area is 95.8 Å². The smallest absolute Gasteiger partial charge is 0.549 e. The van der Waals surface area contributed by atoms with Crippen LogP contribution in [-0.4, -0.2) is 17.5 Å². The molecule has 0 heterocycles. The van der Waals surface area contributed by atoms with Crippen molar-refractivity contribution < 1.29 is 61.3 Å². The first-order valence-corrected chi connectivity index (χ1v) is 3.21. The number of thioether (sulfide) groups is 1.